The number of fused-ring (bicyclic) bond motifs is 1. The molecule has 0 bridgehead atoms. The Kier molecular flexibility index (Phi) is 7.22. The Morgan fingerprint density at radius 3 is 2.32 bits per heavy atom. The Hall–Kier alpha value is -2.92. The van der Waals surface area contributed by atoms with Crippen molar-refractivity contribution in [1.82, 2.24) is 4.90 Å². The Morgan fingerprint density at radius 2 is 1.68 bits per heavy atom. The summed E-state index contributed by atoms with van der Waals surface area (Å²) >= 11 is 0. The van der Waals surface area contributed by atoms with Crippen LogP contribution in [0.4, 0.5) is 0 Å². The second-order valence-corrected chi connectivity index (χ2v) is 9.92. The first-order valence-electron chi connectivity index (χ1n) is 12.4. The third-order valence-corrected chi connectivity index (χ3v) is 6.86. The molecule has 1 saturated heterocycles. The second kappa shape index (κ2) is 10.1. The van der Waals surface area contributed by atoms with E-state index in [4.69, 9.17) is 4.74 Å². The molecule has 0 spiro atoms. The van der Waals surface area contributed by atoms with E-state index in [-0.39, 0.29) is 24.0 Å². The monoisotopic (exact) mass is 461 g/mol. The average molecular weight is 462 g/mol. The van der Waals surface area contributed by atoms with Crippen LogP contribution in [-0.2, 0) is 27.2 Å². The maximum Gasteiger partial charge on any atom is 0.295 e. The van der Waals surface area contributed by atoms with Gasteiger partial charge < -0.3 is 14.7 Å². The zero-order chi connectivity index (χ0) is 24.4. The normalized spacial score (nSPS) is 19.8. The molecule has 0 aromatic heterocycles. The molecule has 1 aliphatic carbocycles. The number of ketones is 1. The molecule has 1 unspecified atom stereocenters. The Balaban J connectivity index is 1.78. The lowest BCUT2D eigenvalue weighted by molar-refractivity contribution is -0.140. The lowest BCUT2D eigenvalue weighted by Crippen LogP contribution is -2.33. The number of benzene rings is 2. The van der Waals surface area contributed by atoms with Gasteiger partial charge in [0, 0.05) is 12.1 Å². The minimum Gasteiger partial charge on any atom is -0.507 e. The molecule has 2 aromatic rings. The van der Waals surface area contributed by atoms with Gasteiger partial charge in [-0.1, -0.05) is 50.2 Å². The number of ether oxygens (including phenoxy) is 1. The first-order valence-corrected chi connectivity index (χ1v) is 12.4. The van der Waals surface area contributed by atoms with Gasteiger partial charge in [-0.15, -0.1) is 0 Å². The molecule has 1 atom stereocenters. The molecule has 5 nitrogen and oxygen atoms in total. The highest BCUT2D eigenvalue weighted by Crippen LogP contribution is 2.40. The predicted octanol–water partition coefficient (Wildman–Crippen LogP) is 5.54. The first kappa shape index (κ1) is 24.2. The van der Waals surface area contributed by atoms with Crippen LogP contribution in [0.3, 0.4) is 0 Å². The van der Waals surface area contributed by atoms with Gasteiger partial charge in [0.1, 0.15) is 5.76 Å². The maximum atomic E-state index is 13.2. The first-order chi connectivity index (χ1) is 16.3. The molecule has 1 aliphatic heterocycles. The molecule has 2 aromatic carbocycles. The van der Waals surface area contributed by atoms with Crippen molar-refractivity contribution in [2.24, 2.45) is 0 Å². The van der Waals surface area contributed by atoms with E-state index >= 15 is 0 Å². The molecule has 1 fully saturated rings. The van der Waals surface area contributed by atoms with Crippen molar-refractivity contribution in [1.29, 1.82) is 0 Å². The summed E-state index contributed by atoms with van der Waals surface area (Å²) in [6.45, 7) is 8.73. The summed E-state index contributed by atoms with van der Waals surface area (Å²) < 4.78 is 5.68. The predicted molar refractivity (Wildman–Crippen MR) is 134 cm³/mol. The van der Waals surface area contributed by atoms with E-state index in [0.29, 0.717) is 18.1 Å². The number of aryl methyl sites for hydroxylation is 2. The van der Waals surface area contributed by atoms with Gasteiger partial charge in [0.25, 0.3) is 11.7 Å². The summed E-state index contributed by atoms with van der Waals surface area (Å²) in [5.41, 5.74) is 5.26. The van der Waals surface area contributed by atoms with E-state index in [1.54, 1.807) is 4.90 Å². The van der Waals surface area contributed by atoms with E-state index in [1.807, 2.05) is 56.3 Å². The minimum atomic E-state index is -0.645. The molecule has 1 heterocycles. The Bertz CT molecular complexity index is 1100. The number of Topliss-reactive ketones (excluding diaryl/α,β-unsaturated/α-hetero) is 1. The molecule has 1 N–H and O–H groups in total. The second-order valence-electron chi connectivity index (χ2n) is 9.92. The lowest BCUT2D eigenvalue weighted by Gasteiger charge is -2.26. The number of hydrogen-bond donors (Lipinski definition) is 1. The number of hydrogen-bond acceptors (Lipinski definition) is 4. The van der Waals surface area contributed by atoms with Crippen LogP contribution in [0.1, 0.15) is 80.3 Å². The number of carbonyl (C=O) groups excluding carboxylic acids is 2. The van der Waals surface area contributed by atoms with Gasteiger partial charge in [0.05, 0.1) is 24.3 Å². The summed E-state index contributed by atoms with van der Waals surface area (Å²) in [5.74, 6) is -0.963. The van der Waals surface area contributed by atoms with Gasteiger partial charge in [0.15, 0.2) is 0 Å². The van der Waals surface area contributed by atoms with Crippen LogP contribution < -0.4 is 0 Å². The SMILES string of the molecule is CC(C)OCCN1C(=O)C(=O)/C(=C(\O)c2ccc3c(c2)CCCC3)C1c1ccc(C(C)C)cc1. The van der Waals surface area contributed by atoms with Gasteiger partial charge in [0.2, 0.25) is 0 Å². The molecular formula is C29H35NO4. The van der Waals surface area contributed by atoms with Gasteiger partial charge in [-0.3, -0.25) is 9.59 Å². The largest absolute Gasteiger partial charge is 0.507 e. The topological polar surface area (TPSA) is 66.8 Å². The number of amides is 1. The van der Waals surface area contributed by atoms with Crippen LogP contribution >= 0.6 is 0 Å². The van der Waals surface area contributed by atoms with Crippen molar-refractivity contribution >= 4 is 17.4 Å². The number of aliphatic hydroxyl groups is 1. The summed E-state index contributed by atoms with van der Waals surface area (Å²) in [6, 6.07) is 13.2. The molecule has 0 radical (unpaired) electrons. The fourth-order valence-corrected chi connectivity index (χ4v) is 4.94. The summed E-state index contributed by atoms with van der Waals surface area (Å²) in [7, 11) is 0. The third-order valence-electron chi connectivity index (χ3n) is 6.86. The average Bonchev–Trinajstić information content (AvgIpc) is 3.08. The number of nitrogens with zero attached hydrogens (tertiary/aromatic N) is 1. The van der Waals surface area contributed by atoms with Crippen LogP contribution in [0.15, 0.2) is 48.0 Å². The fraction of sp³-hybridized carbons (Fsp3) is 0.448. The molecular weight excluding hydrogens is 426 g/mol. The van der Waals surface area contributed by atoms with Gasteiger partial charge in [-0.05, 0) is 73.8 Å². The van der Waals surface area contributed by atoms with Crippen molar-refractivity contribution in [3.8, 4) is 0 Å². The molecule has 180 valence electrons. The number of likely N-dealkylation sites (tertiary alicyclic amines) is 1. The zero-order valence-corrected chi connectivity index (χ0v) is 20.6. The van der Waals surface area contributed by atoms with Crippen molar-refractivity contribution in [2.75, 3.05) is 13.2 Å². The van der Waals surface area contributed by atoms with Crippen LogP contribution in [0.5, 0.6) is 0 Å². The highest BCUT2D eigenvalue weighted by molar-refractivity contribution is 6.46. The fourth-order valence-electron chi connectivity index (χ4n) is 4.94. The van der Waals surface area contributed by atoms with E-state index in [1.165, 1.54) is 23.1 Å². The minimum absolute atomic E-state index is 0.0242. The van der Waals surface area contributed by atoms with Crippen molar-refractivity contribution in [3.05, 3.63) is 75.9 Å². The van der Waals surface area contributed by atoms with Crippen LogP contribution in [0.25, 0.3) is 5.76 Å². The van der Waals surface area contributed by atoms with Crippen LogP contribution in [0.2, 0.25) is 0 Å². The van der Waals surface area contributed by atoms with Gasteiger partial charge in [-0.25, -0.2) is 0 Å². The molecule has 2 aliphatic rings. The quantitative estimate of drug-likeness (QED) is 0.334. The molecule has 4 rings (SSSR count). The number of carbonyl (C=O) groups is 2. The molecule has 5 heteroatoms. The lowest BCUT2D eigenvalue weighted by atomic mass is 9.88. The summed E-state index contributed by atoms with van der Waals surface area (Å²) in [4.78, 5) is 27.9. The third kappa shape index (κ3) is 4.80. The Morgan fingerprint density at radius 1 is 1.00 bits per heavy atom. The summed E-state index contributed by atoms with van der Waals surface area (Å²) in [6.07, 6.45) is 4.33. The van der Waals surface area contributed by atoms with Crippen LogP contribution in [-0.4, -0.2) is 41.0 Å². The van der Waals surface area contributed by atoms with E-state index in [0.717, 1.165) is 24.8 Å². The molecule has 1 amide bonds. The number of rotatable bonds is 7. The van der Waals surface area contributed by atoms with Gasteiger partial charge >= 0.3 is 0 Å². The van der Waals surface area contributed by atoms with Crippen molar-refractivity contribution in [2.45, 2.75) is 71.4 Å². The standard InChI is InChI=1S/C29H35NO4/c1-18(2)20-9-12-22(13-10-20)26-25(28(32)29(33)30(26)15-16-34-19(3)4)27(31)24-14-11-21-7-5-6-8-23(21)17-24/h9-14,17-19,26,31H,5-8,15-16H2,1-4H3/b27-25-. The van der Waals surface area contributed by atoms with Crippen LogP contribution in [0, 0.1) is 0 Å². The van der Waals surface area contributed by atoms with E-state index < -0.39 is 17.7 Å². The summed E-state index contributed by atoms with van der Waals surface area (Å²) in [5, 5.41) is 11.4. The number of aliphatic hydroxyl groups excluding tert-OH is 1. The molecule has 34 heavy (non-hydrogen) atoms. The zero-order valence-electron chi connectivity index (χ0n) is 20.6. The van der Waals surface area contributed by atoms with E-state index in [9.17, 15) is 14.7 Å². The van der Waals surface area contributed by atoms with Gasteiger partial charge in [-0.2, -0.15) is 0 Å². The molecule has 0 saturated carbocycles. The van der Waals surface area contributed by atoms with Crippen molar-refractivity contribution in [3.63, 3.8) is 0 Å². The van der Waals surface area contributed by atoms with Crippen molar-refractivity contribution < 1.29 is 19.4 Å². The highest BCUT2D eigenvalue weighted by Gasteiger charge is 2.46. The van der Waals surface area contributed by atoms with E-state index in [2.05, 4.69) is 13.8 Å². The smallest absolute Gasteiger partial charge is 0.295 e. The Labute approximate surface area is 202 Å². The maximum absolute atomic E-state index is 13.2. The highest BCUT2D eigenvalue weighted by atomic mass is 16.5.